The molecule has 0 radical (unpaired) electrons. The van der Waals surface area contributed by atoms with E-state index in [0.29, 0.717) is 17.6 Å². The van der Waals surface area contributed by atoms with E-state index >= 15 is 0 Å². The van der Waals surface area contributed by atoms with Gasteiger partial charge in [-0.25, -0.2) is 0 Å². The predicted molar refractivity (Wildman–Crippen MR) is 76.5 cm³/mol. The maximum atomic E-state index is 6.47. The van der Waals surface area contributed by atoms with Crippen LogP contribution in [0.25, 0.3) is 0 Å². The summed E-state index contributed by atoms with van der Waals surface area (Å²) in [6.07, 6.45) is 12.2. The number of rotatable bonds is 5. The fraction of sp³-hybridized carbons (Fsp3) is 1.00. The molecule has 0 amide bonds. The first kappa shape index (κ1) is 14.3. The fourth-order valence-corrected chi connectivity index (χ4v) is 3.97. The molecule has 0 aromatic rings. The molecule has 0 bridgehead atoms. The summed E-state index contributed by atoms with van der Waals surface area (Å²) in [6.45, 7) is 5.81. The Bertz CT molecular complexity index is 245. The molecule has 0 spiro atoms. The van der Waals surface area contributed by atoms with Crippen LogP contribution in [0.15, 0.2) is 0 Å². The average molecular weight is 253 g/mol. The standard InChI is InChI=1S/C16H31NO/c1-16(2)11-4-3-9-14(16)15(17)10-5-7-13-8-6-12-18-13/h13-15H,3-12,17H2,1-2H3. The van der Waals surface area contributed by atoms with Gasteiger partial charge in [-0.1, -0.05) is 26.7 Å². The zero-order valence-electron chi connectivity index (χ0n) is 12.3. The third-order valence-electron chi connectivity index (χ3n) is 5.19. The first-order valence-electron chi connectivity index (χ1n) is 7.97. The van der Waals surface area contributed by atoms with Crippen LogP contribution in [0.5, 0.6) is 0 Å². The summed E-state index contributed by atoms with van der Waals surface area (Å²) >= 11 is 0. The third kappa shape index (κ3) is 3.71. The highest BCUT2D eigenvalue weighted by Crippen LogP contribution is 2.42. The van der Waals surface area contributed by atoms with Gasteiger partial charge in [0.2, 0.25) is 0 Å². The summed E-state index contributed by atoms with van der Waals surface area (Å²) in [4.78, 5) is 0. The molecule has 106 valence electrons. The minimum absolute atomic E-state index is 0.404. The van der Waals surface area contributed by atoms with E-state index in [-0.39, 0.29) is 0 Å². The molecule has 2 fully saturated rings. The number of hydrogen-bond donors (Lipinski definition) is 1. The molecule has 2 rings (SSSR count). The largest absolute Gasteiger partial charge is 0.378 e. The number of ether oxygens (including phenoxy) is 1. The molecule has 18 heavy (non-hydrogen) atoms. The van der Waals surface area contributed by atoms with Gasteiger partial charge in [0.25, 0.3) is 0 Å². The molecule has 2 N–H and O–H groups in total. The quantitative estimate of drug-likeness (QED) is 0.807. The van der Waals surface area contributed by atoms with Gasteiger partial charge in [0.1, 0.15) is 0 Å². The summed E-state index contributed by atoms with van der Waals surface area (Å²) in [5.74, 6) is 0.732. The van der Waals surface area contributed by atoms with Crippen LogP contribution >= 0.6 is 0 Å². The van der Waals surface area contributed by atoms with Gasteiger partial charge < -0.3 is 10.5 Å². The van der Waals surface area contributed by atoms with Crippen molar-refractivity contribution in [2.75, 3.05) is 6.61 Å². The van der Waals surface area contributed by atoms with E-state index in [9.17, 15) is 0 Å². The van der Waals surface area contributed by atoms with Crippen LogP contribution in [0.4, 0.5) is 0 Å². The second-order valence-corrected chi connectivity index (χ2v) is 7.07. The van der Waals surface area contributed by atoms with Crippen molar-refractivity contribution in [3.63, 3.8) is 0 Å². The monoisotopic (exact) mass is 253 g/mol. The maximum Gasteiger partial charge on any atom is 0.0576 e. The van der Waals surface area contributed by atoms with Gasteiger partial charge in [-0.2, -0.15) is 0 Å². The second kappa shape index (κ2) is 6.38. The predicted octanol–water partition coefficient (Wildman–Crippen LogP) is 3.88. The Morgan fingerprint density at radius 3 is 2.72 bits per heavy atom. The van der Waals surface area contributed by atoms with Gasteiger partial charge >= 0.3 is 0 Å². The highest BCUT2D eigenvalue weighted by molar-refractivity contribution is 4.89. The molecule has 2 aliphatic rings. The zero-order chi connectivity index (χ0) is 13.0. The van der Waals surface area contributed by atoms with Crippen molar-refractivity contribution in [1.82, 2.24) is 0 Å². The van der Waals surface area contributed by atoms with E-state index in [1.54, 1.807) is 0 Å². The second-order valence-electron chi connectivity index (χ2n) is 7.07. The van der Waals surface area contributed by atoms with Crippen molar-refractivity contribution in [1.29, 1.82) is 0 Å². The van der Waals surface area contributed by atoms with Gasteiger partial charge in [0, 0.05) is 12.6 Å². The molecule has 0 aromatic carbocycles. The highest BCUT2D eigenvalue weighted by Gasteiger charge is 2.35. The lowest BCUT2D eigenvalue weighted by Crippen LogP contribution is -2.41. The van der Waals surface area contributed by atoms with Crippen molar-refractivity contribution in [3.05, 3.63) is 0 Å². The lowest BCUT2D eigenvalue weighted by atomic mass is 9.65. The summed E-state index contributed by atoms with van der Waals surface area (Å²) in [5, 5.41) is 0. The van der Waals surface area contributed by atoms with E-state index < -0.39 is 0 Å². The van der Waals surface area contributed by atoms with Crippen molar-refractivity contribution in [3.8, 4) is 0 Å². The van der Waals surface area contributed by atoms with E-state index in [1.165, 1.54) is 57.8 Å². The first-order chi connectivity index (χ1) is 8.59. The van der Waals surface area contributed by atoms with Crippen LogP contribution in [-0.2, 0) is 4.74 Å². The van der Waals surface area contributed by atoms with E-state index in [1.807, 2.05) is 0 Å². The fourth-order valence-electron chi connectivity index (χ4n) is 3.97. The molecule has 3 unspecified atom stereocenters. The molecule has 1 aliphatic carbocycles. The Morgan fingerprint density at radius 1 is 1.22 bits per heavy atom. The Kier molecular flexibility index (Phi) is 5.08. The maximum absolute atomic E-state index is 6.47. The Morgan fingerprint density at radius 2 is 2.06 bits per heavy atom. The van der Waals surface area contributed by atoms with Crippen molar-refractivity contribution in [2.45, 2.75) is 83.8 Å². The highest BCUT2D eigenvalue weighted by atomic mass is 16.5. The molecule has 1 saturated heterocycles. The van der Waals surface area contributed by atoms with Gasteiger partial charge in [0.05, 0.1) is 6.10 Å². The normalized spacial score (nSPS) is 33.5. The molecule has 0 aromatic heterocycles. The number of nitrogens with two attached hydrogens (primary N) is 1. The van der Waals surface area contributed by atoms with Gasteiger partial charge in [0.15, 0.2) is 0 Å². The lowest BCUT2D eigenvalue weighted by molar-refractivity contribution is 0.0912. The first-order valence-corrected chi connectivity index (χ1v) is 7.97. The Balaban J connectivity index is 1.71. The molecule has 3 atom stereocenters. The molecule has 2 nitrogen and oxygen atoms in total. The molecular formula is C16H31NO. The van der Waals surface area contributed by atoms with Crippen LogP contribution in [-0.4, -0.2) is 18.8 Å². The van der Waals surface area contributed by atoms with Crippen molar-refractivity contribution < 1.29 is 4.74 Å². The molecule has 2 heteroatoms. The van der Waals surface area contributed by atoms with Crippen LogP contribution in [0.1, 0.15) is 71.6 Å². The topological polar surface area (TPSA) is 35.2 Å². The van der Waals surface area contributed by atoms with Crippen LogP contribution in [0.2, 0.25) is 0 Å². The molecular weight excluding hydrogens is 222 g/mol. The van der Waals surface area contributed by atoms with Crippen LogP contribution in [0, 0.1) is 11.3 Å². The minimum Gasteiger partial charge on any atom is -0.378 e. The van der Waals surface area contributed by atoms with Crippen LogP contribution < -0.4 is 5.73 Å². The van der Waals surface area contributed by atoms with Crippen molar-refractivity contribution in [2.24, 2.45) is 17.1 Å². The summed E-state index contributed by atoms with van der Waals surface area (Å²) < 4.78 is 5.68. The van der Waals surface area contributed by atoms with Gasteiger partial charge in [-0.15, -0.1) is 0 Å². The molecule has 1 saturated carbocycles. The van der Waals surface area contributed by atoms with Gasteiger partial charge in [-0.3, -0.25) is 0 Å². The third-order valence-corrected chi connectivity index (χ3v) is 5.19. The lowest BCUT2D eigenvalue weighted by Gasteiger charge is -2.42. The number of hydrogen-bond acceptors (Lipinski definition) is 2. The average Bonchev–Trinajstić information content (AvgIpc) is 2.81. The smallest absolute Gasteiger partial charge is 0.0576 e. The van der Waals surface area contributed by atoms with Gasteiger partial charge in [-0.05, 0) is 56.3 Å². The summed E-state index contributed by atoms with van der Waals surface area (Å²) in [5.41, 5.74) is 6.93. The molecule has 1 heterocycles. The molecule has 1 aliphatic heterocycles. The minimum atomic E-state index is 0.404. The SMILES string of the molecule is CC1(C)CCCCC1C(N)CCCC1CCCO1. The van der Waals surface area contributed by atoms with E-state index in [0.717, 1.165) is 12.5 Å². The zero-order valence-corrected chi connectivity index (χ0v) is 12.3. The van der Waals surface area contributed by atoms with Crippen LogP contribution in [0.3, 0.4) is 0 Å². The van der Waals surface area contributed by atoms with Crippen molar-refractivity contribution >= 4 is 0 Å². The summed E-state index contributed by atoms with van der Waals surface area (Å²) in [7, 11) is 0. The summed E-state index contributed by atoms with van der Waals surface area (Å²) in [6, 6.07) is 0.404. The Hall–Kier alpha value is -0.0800. The van der Waals surface area contributed by atoms with E-state index in [4.69, 9.17) is 10.5 Å². The Labute approximate surface area is 113 Å². The van der Waals surface area contributed by atoms with E-state index in [2.05, 4.69) is 13.8 Å².